The second kappa shape index (κ2) is 8.55. The van der Waals surface area contributed by atoms with Crippen molar-refractivity contribution >= 4 is 46.8 Å². The number of guanidine groups is 1. The number of rotatable bonds is 3. The average molecular weight is 456 g/mol. The number of likely N-dealkylation sites (tertiary alicyclic amines) is 1. The van der Waals surface area contributed by atoms with E-state index >= 15 is 0 Å². The van der Waals surface area contributed by atoms with Crippen LogP contribution in [0.25, 0.3) is 10.9 Å². The van der Waals surface area contributed by atoms with E-state index in [1.54, 1.807) is 7.05 Å². The van der Waals surface area contributed by atoms with Crippen molar-refractivity contribution in [3.05, 3.63) is 36.0 Å². The SMILES string of the molecule is CN=C(NCc1cc2ccccc2[nH]1)N1CC(C)C(C(=O)OC)C1.I. The van der Waals surface area contributed by atoms with E-state index in [4.69, 9.17) is 4.74 Å². The maximum absolute atomic E-state index is 11.8. The van der Waals surface area contributed by atoms with Crippen molar-refractivity contribution in [1.82, 2.24) is 15.2 Å². The number of halogens is 1. The van der Waals surface area contributed by atoms with Crippen molar-refractivity contribution in [2.75, 3.05) is 27.2 Å². The molecule has 2 heterocycles. The number of hydrogen-bond donors (Lipinski definition) is 2. The van der Waals surface area contributed by atoms with Crippen LogP contribution in [0.15, 0.2) is 35.3 Å². The lowest BCUT2D eigenvalue weighted by Crippen LogP contribution is -2.40. The molecule has 0 saturated carbocycles. The van der Waals surface area contributed by atoms with Crippen molar-refractivity contribution in [2.24, 2.45) is 16.8 Å². The predicted molar refractivity (Wildman–Crippen MR) is 110 cm³/mol. The van der Waals surface area contributed by atoms with E-state index in [0.29, 0.717) is 13.1 Å². The molecule has 1 aromatic heterocycles. The molecule has 2 atom stereocenters. The summed E-state index contributed by atoms with van der Waals surface area (Å²) in [5, 5.41) is 4.58. The Kier molecular flexibility index (Phi) is 6.69. The first kappa shape index (κ1) is 19.6. The van der Waals surface area contributed by atoms with Crippen molar-refractivity contribution in [1.29, 1.82) is 0 Å². The number of esters is 1. The van der Waals surface area contributed by atoms with E-state index in [0.717, 1.165) is 23.7 Å². The van der Waals surface area contributed by atoms with Crippen LogP contribution in [0.5, 0.6) is 0 Å². The van der Waals surface area contributed by atoms with Crippen LogP contribution in [0.2, 0.25) is 0 Å². The molecule has 1 saturated heterocycles. The van der Waals surface area contributed by atoms with Crippen LogP contribution >= 0.6 is 24.0 Å². The van der Waals surface area contributed by atoms with Gasteiger partial charge >= 0.3 is 5.97 Å². The normalized spacial score (nSPS) is 20.4. The summed E-state index contributed by atoms with van der Waals surface area (Å²) in [5.41, 5.74) is 2.24. The quantitative estimate of drug-likeness (QED) is 0.323. The first-order valence-electron chi connectivity index (χ1n) is 8.22. The van der Waals surface area contributed by atoms with Crippen molar-refractivity contribution in [2.45, 2.75) is 13.5 Å². The fourth-order valence-corrected chi connectivity index (χ4v) is 3.33. The number of para-hydroxylation sites is 1. The number of methoxy groups -OCH3 is 1. The van der Waals surface area contributed by atoms with Crippen molar-refractivity contribution < 1.29 is 9.53 Å². The Morgan fingerprint density at radius 2 is 2.16 bits per heavy atom. The fraction of sp³-hybridized carbons (Fsp3) is 0.444. The molecule has 0 amide bonds. The molecule has 0 spiro atoms. The Morgan fingerprint density at radius 3 is 2.84 bits per heavy atom. The van der Waals surface area contributed by atoms with Crippen LogP contribution in [0, 0.1) is 11.8 Å². The number of fused-ring (bicyclic) bond motifs is 1. The Bertz CT molecular complexity index is 725. The maximum Gasteiger partial charge on any atom is 0.310 e. The third kappa shape index (κ3) is 4.26. The summed E-state index contributed by atoms with van der Waals surface area (Å²) >= 11 is 0. The number of aromatic nitrogens is 1. The molecule has 2 aromatic rings. The third-order valence-corrected chi connectivity index (χ3v) is 4.65. The van der Waals surface area contributed by atoms with Gasteiger partial charge in [0, 0.05) is 31.3 Å². The number of H-pyrrole nitrogens is 1. The van der Waals surface area contributed by atoms with Gasteiger partial charge in [0.25, 0.3) is 0 Å². The molecule has 0 aliphatic carbocycles. The van der Waals surface area contributed by atoms with Crippen LogP contribution in [0.3, 0.4) is 0 Å². The summed E-state index contributed by atoms with van der Waals surface area (Å²) in [6, 6.07) is 10.3. The Morgan fingerprint density at radius 1 is 1.40 bits per heavy atom. The summed E-state index contributed by atoms with van der Waals surface area (Å²) in [7, 11) is 3.21. The molecule has 3 rings (SSSR count). The molecule has 0 bridgehead atoms. The standard InChI is InChI=1S/C18H24N4O2.HI/c1-12-10-22(11-15(12)17(23)24-3)18(19-2)20-9-14-8-13-6-4-5-7-16(13)21-14;/h4-8,12,15,21H,9-11H2,1-3H3,(H,19,20);1H. The minimum atomic E-state index is -0.143. The van der Waals surface area contributed by atoms with Gasteiger partial charge in [0.05, 0.1) is 19.6 Å². The zero-order valence-electron chi connectivity index (χ0n) is 14.8. The van der Waals surface area contributed by atoms with Crippen molar-refractivity contribution in [3.63, 3.8) is 0 Å². The number of aromatic amines is 1. The average Bonchev–Trinajstić information content (AvgIpc) is 3.18. The summed E-state index contributed by atoms with van der Waals surface area (Å²) in [4.78, 5) is 21.7. The first-order valence-corrected chi connectivity index (χ1v) is 8.22. The van der Waals surface area contributed by atoms with Gasteiger partial charge in [0.15, 0.2) is 5.96 Å². The van der Waals surface area contributed by atoms with Gasteiger partial charge < -0.3 is 19.9 Å². The van der Waals surface area contributed by atoms with E-state index in [9.17, 15) is 4.79 Å². The van der Waals surface area contributed by atoms with E-state index in [1.165, 1.54) is 12.5 Å². The summed E-state index contributed by atoms with van der Waals surface area (Å²) in [5.74, 6) is 0.827. The highest BCUT2D eigenvalue weighted by atomic mass is 127. The molecule has 1 aromatic carbocycles. The Hall–Kier alpha value is -1.77. The number of hydrogen-bond acceptors (Lipinski definition) is 3. The predicted octanol–water partition coefficient (Wildman–Crippen LogP) is 2.60. The number of carbonyl (C=O) groups excluding carboxylic acids is 1. The molecule has 1 fully saturated rings. The zero-order valence-corrected chi connectivity index (χ0v) is 17.1. The largest absolute Gasteiger partial charge is 0.469 e. The molecule has 1 aliphatic rings. The van der Waals surface area contributed by atoms with Gasteiger partial charge in [0.1, 0.15) is 0 Å². The van der Waals surface area contributed by atoms with Gasteiger partial charge in [-0.3, -0.25) is 9.79 Å². The summed E-state index contributed by atoms with van der Waals surface area (Å²) in [6.07, 6.45) is 0. The fourth-order valence-electron chi connectivity index (χ4n) is 3.33. The number of nitrogens with zero attached hydrogens (tertiary/aromatic N) is 2. The number of aliphatic imine (C=N–C) groups is 1. The lowest BCUT2D eigenvalue weighted by Gasteiger charge is -2.21. The molecule has 1 aliphatic heterocycles. The van der Waals surface area contributed by atoms with Gasteiger partial charge in [-0.1, -0.05) is 25.1 Å². The molecule has 25 heavy (non-hydrogen) atoms. The molecular formula is C18H25IN4O2. The van der Waals surface area contributed by atoms with E-state index < -0.39 is 0 Å². The molecular weight excluding hydrogens is 431 g/mol. The molecule has 136 valence electrons. The highest BCUT2D eigenvalue weighted by Crippen LogP contribution is 2.24. The lowest BCUT2D eigenvalue weighted by molar-refractivity contribution is -0.145. The number of carbonyl (C=O) groups is 1. The molecule has 6 nitrogen and oxygen atoms in total. The molecule has 2 N–H and O–H groups in total. The van der Waals surface area contributed by atoms with Gasteiger partial charge in [-0.25, -0.2) is 0 Å². The number of nitrogens with one attached hydrogen (secondary N) is 2. The van der Waals surface area contributed by atoms with Crippen LogP contribution in [0.1, 0.15) is 12.6 Å². The van der Waals surface area contributed by atoms with Crippen LogP contribution in [-0.4, -0.2) is 49.1 Å². The Labute approximate surface area is 165 Å². The molecule has 7 heteroatoms. The summed E-state index contributed by atoms with van der Waals surface area (Å²) in [6.45, 7) is 4.17. The van der Waals surface area contributed by atoms with E-state index in [-0.39, 0.29) is 41.8 Å². The monoisotopic (exact) mass is 456 g/mol. The second-order valence-electron chi connectivity index (χ2n) is 6.29. The third-order valence-electron chi connectivity index (χ3n) is 4.65. The zero-order chi connectivity index (χ0) is 17.1. The topological polar surface area (TPSA) is 69.7 Å². The van der Waals surface area contributed by atoms with Gasteiger partial charge in [-0.15, -0.1) is 24.0 Å². The van der Waals surface area contributed by atoms with E-state index in [2.05, 4.69) is 45.3 Å². The summed E-state index contributed by atoms with van der Waals surface area (Å²) < 4.78 is 4.90. The molecule has 0 radical (unpaired) electrons. The van der Waals surface area contributed by atoms with Crippen molar-refractivity contribution in [3.8, 4) is 0 Å². The number of benzene rings is 1. The smallest absolute Gasteiger partial charge is 0.310 e. The lowest BCUT2D eigenvalue weighted by atomic mass is 9.99. The number of ether oxygens (including phenoxy) is 1. The van der Waals surface area contributed by atoms with Crippen LogP contribution in [0.4, 0.5) is 0 Å². The minimum Gasteiger partial charge on any atom is -0.469 e. The highest BCUT2D eigenvalue weighted by molar-refractivity contribution is 14.0. The van der Waals surface area contributed by atoms with Gasteiger partial charge in [-0.05, 0) is 23.4 Å². The first-order chi connectivity index (χ1) is 11.6. The second-order valence-corrected chi connectivity index (χ2v) is 6.29. The van der Waals surface area contributed by atoms with E-state index in [1.807, 2.05) is 12.1 Å². The van der Waals surface area contributed by atoms with Gasteiger partial charge in [0.2, 0.25) is 0 Å². The minimum absolute atomic E-state index is 0. The van der Waals surface area contributed by atoms with Gasteiger partial charge in [-0.2, -0.15) is 0 Å². The highest BCUT2D eigenvalue weighted by Gasteiger charge is 2.36. The van der Waals surface area contributed by atoms with Crippen LogP contribution < -0.4 is 5.32 Å². The maximum atomic E-state index is 11.8. The Balaban J connectivity index is 0.00000225. The van der Waals surface area contributed by atoms with Crippen LogP contribution in [-0.2, 0) is 16.1 Å². The molecule has 2 unspecified atom stereocenters.